The number of nitrogens with zero attached hydrogens (tertiary/aromatic N) is 4. The number of benzene rings is 10. The predicted octanol–water partition coefficient (Wildman–Crippen LogP) is 17.9. The highest BCUT2D eigenvalue weighted by Crippen LogP contribution is 2.48. The second-order valence-electron chi connectivity index (χ2n) is 18.5. The summed E-state index contributed by atoms with van der Waals surface area (Å²) in [6.07, 6.45) is 0. The third-order valence-electron chi connectivity index (χ3n) is 14.4. The molecule has 0 atom stereocenters. The number of rotatable bonds is 7. The molecule has 12 aromatic rings. The summed E-state index contributed by atoms with van der Waals surface area (Å²) in [6, 6.07) is 75.6. The summed E-state index contributed by atoms with van der Waals surface area (Å²) in [5.74, 6) is 0. The van der Waals surface area contributed by atoms with Crippen LogP contribution >= 0.6 is 0 Å². The predicted molar refractivity (Wildman–Crippen MR) is 292 cm³/mol. The molecule has 12 rings (SSSR count). The van der Waals surface area contributed by atoms with E-state index in [4.69, 9.17) is 0 Å². The topological polar surface area (TPSA) is 38.0 Å². The molecule has 0 aliphatic carbocycles. The highest BCUT2D eigenvalue weighted by molar-refractivity contribution is 6.15. The molecule has 4 nitrogen and oxygen atoms in total. The van der Waals surface area contributed by atoms with Crippen molar-refractivity contribution < 1.29 is 0 Å². The number of nitriles is 1. The zero-order valence-corrected chi connectivity index (χ0v) is 39.4. The molecule has 0 aliphatic heterocycles. The van der Waals surface area contributed by atoms with Gasteiger partial charge in [0.2, 0.25) is 5.69 Å². The van der Waals surface area contributed by atoms with E-state index in [9.17, 15) is 11.8 Å². The fourth-order valence-electron chi connectivity index (χ4n) is 10.9. The van der Waals surface area contributed by atoms with Gasteiger partial charge in [0, 0.05) is 21.5 Å². The van der Waals surface area contributed by atoms with E-state index in [0.29, 0.717) is 11.3 Å². The summed E-state index contributed by atoms with van der Waals surface area (Å²) in [6.45, 7) is 18.0. The molecule has 330 valence electrons. The first-order valence-electron chi connectivity index (χ1n) is 23.8. The lowest BCUT2D eigenvalue weighted by Crippen LogP contribution is -2.03. The number of aryl methyl sites for hydroxylation is 4. The summed E-state index contributed by atoms with van der Waals surface area (Å²) in [7, 11) is 0. The largest absolute Gasteiger partial charge is 0.319 e. The summed E-state index contributed by atoms with van der Waals surface area (Å²) in [4.78, 5) is 4.59. The van der Waals surface area contributed by atoms with E-state index in [1.807, 2.05) is 24.3 Å². The Hall–Kier alpha value is -9.22. The van der Waals surface area contributed by atoms with Gasteiger partial charge in [-0.1, -0.05) is 140 Å². The van der Waals surface area contributed by atoms with Gasteiger partial charge in [-0.15, -0.1) is 0 Å². The zero-order valence-electron chi connectivity index (χ0n) is 39.4. The fourth-order valence-corrected chi connectivity index (χ4v) is 10.9. The molecule has 10 aromatic carbocycles. The second kappa shape index (κ2) is 16.8. The Morgan fingerprint density at radius 1 is 0.371 bits per heavy atom. The van der Waals surface area contributed by atoms with E-state index in [2.05, 4.69) is 230 Å². The van der Waals surface area contributed by atoms with E-state index in [0.717, 1.165) is 88.4 Å². The van der Waals surface area contributed by atoms with E-state index < -0.39 is 0 Å². The summed E-state index contributed by atoms with van der Waals surface area (Å²) < 4.78 is 4.60. The maximum atomic E-state index is 10.2. The lowest BCUT2D eigenvalue weighted by molar-refractivity contribution is 1.15. The first-order chi connectivity index (χ1) is 34.3. The highest BCUT2D eigenvalue weighted by Gasteiger charge is 2.26. The van der Waals surface area contributed by atoms with Crippen molar-refractivity contribution in [3.63, 3.8) is 0 Å². The van der Waals surface area contributed by atoms with Crippen LogP contribution in [0.5, 0.6) is 0 Å². The molecule has 2 aromatic heterocycles. The molecule has 0 saturated carbocycles. The SMILES string of the molecule is [C-]#[N+]c1c(-n2c3ccc(-c4ccccc4C)cc3c3cc(-c4ccccc4C)ccc32)ccc(-c2cccc(C#N)c2)c1-n1c2ccc(-c3ccccc3C)cc2c2cc(-c3ccccc3C)ccc21. The lowest BCUT2D eigenvalue weighted by Gasteiger charge is -2.20. The smallest absolute Gasteiger partial charge is 0.234 e. The molecule has 0 unspecified atom stereocenters. The molecule has 2 heterocycles. The van der Waals surface area contributed by atoms with Crippen LogP contribution < -0.4 is 0 Å². The summed E-state index contributed by atoms with van der Waals surface area (Å²) in [5.41, 5.74) is 22.5. The van der Waals surface area contributed by atoms with Crippen LogP contribution in [0, 0.1) is 45.6 Å². The highest BCUT2D eigenvalue weighted by atomic mass is 15.1. The monoisotopic (exact) mass is 894 g/mol. The number of fused-ring (bicyclic) bond motifs is 6. The van der Waals surface area contributed by atoms with Crippen LogP contribution in [-0.2, 0) is 0 Å². The first-order valence-corrected chi connectivity index (χ1v) is 23.8. The van der Waals surface area contributed by atoms with Gasteiger partial charge >= 0.3 is 0 Å². The van der Waals surface area contributed by atoms with Gasteiger partial charge in [0.25, 0.3) is 0 Å². The number of hydrogen-bond acceptors (Lipinski definition) is 1. The molecule has 0 aliphatic rings. The Morgan fingerprint density at radius 3 is 1.11 bits per heavy atom. The molecular weight excluding hydrogens is 849 g/mol. The van der Waals surface area contributed by atoms with E-state index in [1.54, 1.807) is 0 Å². The van der Waals surface area contributed by atoms with Crippen molar-refractivity contribution in [1.29, 1.82) is 5.26 Å². The van der Waals surface area contributed by atoms with Gasteiger partial charge in [-0.2, -0.15) is 5.26 Å². The Labute approximate surface area is 408 Å². The quantitative estimate of drug-likeness (QED) is 0.147. The van der Waals surface area contributed by atoms with Gasteiger partial charge in [0.1, 0.15) is 0 Å². The molecule has 4 heteroatoms. The maximum absolute atomic E-state index is 10.2. The summed E-state index contributed by atoms with van der Waals surface area (Å²) in [5, 5.41) is 14.6. The van der Waals surface area contributed by atoms with E-state index in [-0.39, 0.29) is 0 Å². The van der Waals surface area contributed by atoms with Crippen LogP contribution in [0.4, 0.5) is 5.69 Å². The van der Waals surface area contributed by atoms with Crippen molar-refractivity contribution in [2.45, 2.75) is 27.7 Å². The van der Waals surface area contributed by atoms with Crippen LogP contribution in [0.15, 0.2) is 206 Å². The minimum Gasteiger partial charge on any atom is -0.319 e. The minimum absolute atomic E-state index is 0.509. The van der Waals surface area contributed by atoms with Crippen molar-refractivity contribution in [2.24, 2.45) is 0 Å². The van der Waals surface area contributed by atoms with Crippen LogP contribution in [0.3, 0.4) is 0 Å². The van der Waals surface area contributed by atoms with Gasteiger partial charge in [0.15, 0.2) is 0 Å². The van der Waals surface area contributed by atoms with Crippen molar-refractivity contribution in [3.05, 3.63) is 245 Å². The van der Waals surface area contributed by atoms with Crippen LogP contribution in [0.2, 0.25) is 0 Å². The Bertz CT molecular complexity index is 4000. The van der Waals surface area contributed by atoms with Gasteiger partial charge in [-0.05, 0) is 172 Å². The fraction of sp³-hybridized carbons (Fsp3) is 0.0606. The van der Waals surface area contributed by atoms with E-state index >= 15 is 0 Å². The molecule has 70 heavy (non-hydrogen) atoms. The second-order valence-corrected chi connectivity index (χ2v) is 18.5. The van der Waals surface area contributed by atoms with Crippen LogP contribution in [0.25, 0.3) is 115 Å². The van der Waals surface area contributed by atoms with E-state index in [1.165, 1.54) is 44.5 Å². The average Bonchev–Trinajstić information content (AvgIpc) is 3.89. The molecule has 0 saturated heterocycles. The molecule has 0 spiro atoms. The molecule has 0 N–H and O–H groups in total. The number of hydrogen-bond donors (Lipinski definition) is 0. The zero-order chi connectivity index (χ0) is 47.6. The molecule has 0 fully saturated rings. The van der Waals surface area contributed by atoms with Crippen molar-refractivity contribution in [2.75, 3.05) is 0 Å². The van der Waals surface area contributed by atoms with Crippen LogP contribution in [0.1, 0.15) is 27.8 Å². The van der Waals surface area contributed by atoms with Crippen molar-refractivity contribution in [3.8, 4) is 73.1 Å². The third kappa shape index (κ3) is 6.81. The van der Waals surface area contributed by atoms with Crippen molar-refractivity contribution >= 4 is 49.3 Å². The molecule has 0 bridgehead atoms. The van der Waals surface area contributed by atoms with Gasteiger partial charge in [-0.3, -0.25) is 0 Å². The summed E-state index contributed by atoms with van der Waals surface area (Å²) >= 11 is 0. The maximum Gasteiger partial charge on any atom is 0.234 e. The normalized spacial score (nSPS) is 11.4. The molecule has 0 amide bonds. The Balaban J connectivity index is 1.20. The Morgan fingerprint density at radius 2 is 0.743 bits per heavy atom. The van der Waals surface area contributed by atoms with Crippen LogP contribution in [-0.4, -0.2) is 9.13 Å². The van der Waals surface area contributed by atoms with Gasteiger partial charge in [0.05, 0.1) is 51.6 Å². The standard InChI is InChI=1S/C66H46N4/c1-41-15-6-10-21-51(41)47-25-30-60-56(36-47)57-37-48(52-22-11-7-16-42(52)2)26-31-61(57)69(60)64-34-29-55(46-20-14-19-45(35-46)40-67)66(65(64)68-5)70-62-32-27-49(53-23-12-8-17-43(53)3)38-58(62)59-39-50(28-33-63(59)70)54-24-13-9-18-44(54)4/h6-39H,1-4H3. The first kappa shape index (κ1) is 42.2. The molecule has 0 radical (unpaired) electrons. The lowest BCUT2D eigenvalue weighted by atomic mass is 9.97. The minimum atomic E-state index is 0.509. The molecular formula is C66H46N4. The van der Waals surface area contributed by atoms with Gasteiger partial charge < -0.3 is 9.13 Å². The third-order valence-corrected chi connectivity index (χ3v) is 14.4. The Kier molecular flexibility index (Phi) is 10.1. The number of aromatic nitrogens is 2. The van der Waals surface area contributed by atoms with Crippen molar-refractivity contribution in [1.82, 2.24) is 9.13 Å². The average molecular weight is 895 g/mol. The van der Waals surface area contributed by atoms with Gasteiger partial charge in [-0.25, -0.2) is 4.85 Å².